The topological polar surface area (TPSA) is 80.8 Å². The molecule has 2 saturated heterocycles. The summed E-state index contributed by atoms with van der Waals surface area (Å²) >= 11 is 0. The van der Waals surface area contributed by atoms with Gasteiger partial charge in [0.2, 0.25) is 5.91 Å². The molecule has 0 spiro atoms. The van der Waals surface area contributed by atoms with E-state index < -0.39 is 6.09 Å². The molecule has 7 heteroatoms. The lowest BCUT2D eigenvalue weighted by Gasteiger charge is -2.38. The van der Waals surface area contributed by atoms with Crippen LogP contribution in [0.5, 0.6) is 5.75 Å². The molecule has 152 valence electrons. The van der Waals surface area contributed by atoms with Crippen molar-refractivity contribution in [3.8, 4) is 5.75 Å². The molecule has 1 aromatic heterocycles. The lowest BCUT2D eigenvalue weighted by molar-refractivity contribution is -0.136. The van der Waals surface area contributed by atoms with E-state index in [1.807, 2.05) is 47.4 Å². The first-order valence-electron chi connectivity index (χ1n) is 10.0. The molecule has 1 N–H and O–H groups in total. The van der Waals surface area contributed by atoms with Crippen LogP contribution in [0.4, 0.5) is 4.79 Å². The second kappa shape index (κ2) is 8.94. The van der Waals surface area contributed by atoms with E-state index in [-0.39, 0.29) is 37.2 Å². The normalized spacial score (nSPS) is 22.8. The molecule has 0 saturated carbocycles. The van der Waals surface area contributed by atoms with Gasteiger partial charge >= 0.3 is 6.09 Å². The highest BCUT2D eigenvalue weighted by molar-refractivity contribution is 5.83. The minimum atomic E-state index is -0.579. The molecule has 2 aromatic rings. The van der Waals surface area contributed by atoms with E-state index in [2.05, 4.69) is 10.3 Å². The smallest absolute Gasteiger partial charge is 0.407 e. The van der Waals surface area contributed by atoms with Gasteiger partial charge in [-0.1, -0.05) is 30.3 Å². The largest absolute Gasteiger partial charge is 0.489 e. The predicted molar refractivity (Wildman–Crippen MR) is 106 cm³/mol. The molecular weight excluding hydrogens is 370 g/mol. The monoisotopic (exact) mass is 395 g/mol. The molecule has 7 nitrogen and oxygen atoms in total. The summed E-state index contributed by atoms with van der Waals surface area (Å²) in [6.45, 7) is 0.137. The average Bonchev–Trinajstić information content (AvgIpc) is 3.02. The van der Waals surface area contributed by atoms with Crippen molar-refractivity contribution in [3.05, 3.63) is 60.4 Å². The number of fused-ring (bicyclic) bond motifs is 2. The van der Waals surface area contributed by atoms with Crippen LogP contribution in [0.3, 0.4) is 0 Å². The summed E-state index contributed by atoms with van der Waals surface area (Å²) in [6.07, 6.45) is 6.49. The highest BCUT2D eigenvalue weighted by Crippen LogP contribution is 2.37. The minimum absolute atomic E-state index is 0.0469. The molecule has 2 aliphatic heterocycles. The first kappa shape index (κ1) is 19.2. The summed E-state index contributed by atoms with van der Waals surface area (Å²) in [4.78, 5) is 30.6. The van der Waals surface area contributed by atoms with Crippen molar-refractivity contribution in [1.29, 1.82) is 0 Å². The van der Waals surface area contributed by atoms with Crippen LogP contribution in [0, 0.1) is 0 Å². The van der Waals surface area contributed by atoms with Gasteiger partial charge in [-0.25, -0.2) is 4.79 Å². The van der Waals surface area contributed by atoms with Crippen LogP contribution >= 0.6 is 0 Å². The number of alkyl carbamates (subject to hydrolysis) is 1. The number of ether oxygens (including phenoxy) is 2. The number of hydrogen-bond donors (Lipinski definition) is 1. The van der Waals surface area contributed by atoms with Crippen molar-refractivity contribution in [2.45, 2.75) is 50.5 Å². The van der Waals surface area contributed by atoms with Crippen LogP contribution in [-0.4, -0.2) is 46.6 Å². The third-order valence-corrected chi connectivity index (χ3v) is 5.51. The second-order valence-electron chi connectivity index (χ2n) is 7.50. The van der Waals surface area contributed by atoms with E-state index in [1.54, 1.807) is 12.4 Å². The van der Waals surface area contributed by atoms with Crippen molar-refractivity contribution in [1.82, 2.24) is 15.2 Å². The van der Waals surface area contributed by atoms with Gasteiger partial charge in [-0.2, -0.15) is 0 Å². The zero-order valence-corrected chi connectivity index (χ0v) is 16.2. The van der Waals surface area contributed by atoms with Gasteiger partial charge < -0.3 is 19.7 Å². The number of carbonyl (C=O) groups excluding carboxylic acids is 2. The fourth-order valence-electron chi connectivity index (χ4n) is 4.25. The Kier molecular flexibility index (Phi) is 5.93. The van der Waals surface area contributed by atoms with Crippen molar-refractivity contribution >= 4 is 12.0 Å². The standard InChI is InChI=1S/C22H25N3O4/c26-21(14-24-22(27)28-15-16-5-2-1-3-6-16)25-17-8-9-18(25)12-20(11-17)29-19-7-4-10-23-13-19/h1-7,10,13,17-18,20H,8-9,11-12,14-15H2,(H,24,27). The molecule has 2 atom stereocenters. The second-order valence-corrected chi connectivity index (χ2v) is 7.50. The first-order chi connectivity index (χ1) is 14.2. The molecule has 0 radical (unpaired) electrons. The number of rotatable bonds is 6. The SMILES string of the molecule is O=C(NCC(=O)N1C2CCC1CC(Oc1cccnc1)C2)OCc1ccccc1. The van der Waals surface area contributed by atoms with Crippen LogP contribution in [-0.2, 0) is 16.1 Å². The Labute approximate surface area is 170 Å². The molecule has 0 aliphatic carbocycles. The van der Waals surface area contributed by atoms with Gasteiger partial charge in [0.1, 0.15) is 25.0 Å². The maximum atomic E-state index is 12.7. The van der Waals surface area contributed by atoms with E-state index in [0.29, 0.717) is 0 Å². The highest BCUT2D eigenvalue weighted by Gasteiger charge is 2.43. The molecule has 2 aliphatic rings. The summed E-state index contributed by atoms with van der Waals surface area (Å²) in [6, 6.07) is 13.5. The molecule has 4 rings (SSSR count). The van der Waals surface area contributed by atoms with Crippen LogP contribution in [0.15, 0.2) is 54.9 Å². The number of pyridine rings is 1. The van der Waals surface area contributed by atoms with Crippen LogP contribution < -0.4 is 10.1 Å². The minimum Gasteiger partial charge on any atom is -0.489 e. The van der Waals surface area contributed by atoms with Crippen molar-refractivity contribution in [2.24, 2.45) is 0 Å². The number of nitrogens with one attached hydrogen (secondary N) is 1. The molecule has 1 aromatic carbocycles. The van der Waals surface area contributed by atoms with Crippen molar-refractivity contribution < 1.29 is 19.1 Å². The number of aromatic nitrogens is 1. The van der Waals surface area contributed by atoms with Gasteiger partial charge in [0.05, 0.1) is 6.20 Å². The summed E-state index contributed by atoms with van der Waals surface area (Å²) in [5.74, 6) is 0.702. The fraction of sp³-hybridized carbons (Fsp3) is 0.409. The molecule has 2 amide bonds. The van der Waals surface area contributed by atoms with Crippen molar-refractivity contribution in [2.75, 3.05) is 6.54 Å². The number of benzene rings is 1. The quantitative estimate of drug-likeness (QED) is 0.813. The summed E-state index contributed by atoms with van der Waals surface area (Å²) in [5, 5.41) is 2.58. The number of carbonyl (C=O) groups is 2. The average molecular weight is 395 g/mol. The first-order valence-corrected chi connectivity index (χ1v) is 10.0. The molecular formula is C22H25N3O4. The number of hydrogen-bond acceptors (Lipinski definition) is 5. The Morgan fingerprint density at radius 2 is 1.83 bits per heavy atom. The van der Waals surface area contributed by atoms with Gasteiger partial charge in [0, 0.05) is 31.1 Å². The zero-order valence-electron chi connectivity index (χ0n) is 16.2. The maximum absolute atomic E-state index is 12.7. The Hall–Kier alpha value is -3.09. The Balaban J connectivity index is 1.24. The molecule has 2 fully saturated rings. The highest BCUT2D eigenvalue weighted by atomic mass is 16.5. The van der Waals surface area contributed by atoms with Gasteiger partial charge in [-0.3, -0.25) is 9.78 Å². The lowest BCUT2D eigenvalue weighted by Crippen LogP contribution is -2.52. The van der Waals surface area contributed by atoms with E-state index >= 15 is 0 Å². The molecule has 2 unspecified atom stereocenters. The van der Waals surface area contributed by atoms with Gasteiger partial charge in [-0.15, -0.1) is 0 Å². The van der Waals surface area contributed by atoms with Gasteiger partial charge in [-0.05, 0) is 30.5 Å². The van der Waals surface area contributed by atoms with E-state index in [4.69, 9.17) is 9.47 Å². The Bertz CT molecular complexity index is 816. The van der Waals surface area contributed by atoms with Gasteiger partial charge in [0.15, 0.2) is 0 Å². The van der Waals surface area contributed by atoms with Crippen molar-refractivity contribution in [3.63, 3.8) is 0 Å². The lowest BCUT2D eigenvalue weighted by atomic mass is 9.99. The summed E-state index contributed by atoms with van der Waals surface area (Å²) in [7, 11) is 0. The third-order valence-electron chi connectivity index (χ3n) is 5.51. The van der Waals surface area contributed by atoms with Crippen LogP contribution in [0.2, 0.25) is 0 Å². The van der Waals surface area contributed by atoms with E-state index in [9.17, 15) is 9.59 Å². The van der Waals surface area contributed by atoms with Crippen LogP contribution in [0.1, 0.15) is 31.2 Å². The van der Waals surface area contributed by atoms with Gasteiger partial charge in [0.25, 0.3) is 0 Å². The summed E-state index contributed by atoms with van der Waals surface area (Å²) < 4.78 is 11.2. The van der Waals surface area contributed by atoms with E-state index in [1.165, 1.54) is 0 Å². The predicted octanol–water partition coefficient (Wildman–Crippen LogP) is 2.91. The molecule has 2 bridgehead atoms. The number of piperidine rings is 1. The fourth-order valence-corrected chi connectivity index (χ4v) is 4.25. The zero-order chi connectivity index (χ0) is 20.1. The number of amides is 2. The van der Waals surface area contributed by atoms with E-state index in [0.717, 1.165) is 37.0 Å². The summed E-state index contributed by atoms with van der Waals surface area (Å²) in [5.41, 5.74) is 0.905. The Morgan fingerprint density at radius 3 is 2.52 bits per heavy atom. The Morgan fingerprint density at radius 1 is 1.07 bits per heavy atom. The maximum Gasteiger partial charge on any atom is 0.407 e. The molecule has 3 heterocycles. The van der Waals surface area contributed by atoms with Crippen LogP contribution in [0.25, 0.3) is 0 Å². The molecule has 29 heavy (non-hydrogen) atoms. The third kappa shape index (κ3) is 4.85. The number of nitrogens with zero attached hydrogens (tertiary/aromatic N) is 2.